The minimum Gasteiger partial charge on any atom is -0.361 e. The summed E-state index contributed by atoms with van der Waals surface area (Å²) in [6, 6.07) is 10.7. The standard InChI is InChI=1S/C18H22N4/c1-2-6-18-17(5-1)15(11-19-18)13-22-9-3-4-14(12-22)10-16-7-8-20-21-16/h1-2,5-8,11,14,19H,3-4,9-10,12-13H2,(H,20,21). The van der Waals surface area contributed by atoms with E-state index in [2.05, 4.69) is 56.6 Å². The lowest BCUT2D eigenvalue weighted by Crippen LogP contribution is -2.35. The highest BCUT2D eigenvalue weighted by Crippen LogP contribution is 2.24. The number of nitrogens with zero attached hydrogens (tertiary/aromatic N) is 2. The molecule has 3 heterocycles. The summed E-state index contributed by atoms with van der Waals surface area (Å²) in [5.41, 5.74) is 3.92. The first-order valence-corrected chi connectivity index (χ1v) is 8.14. The molecule has 1 atom stereocenters. The van der Waals surface area contributed by atoms with Gasteiger partial charge in [-0.3, -0.25) is 10.00 Å². The Bertz CT molecular complexity index is 728. The van der Waals surface area contributed by atoms with Crippen LogP contribution in [0.5, 0.6) is 0 Å². The molecule has 1 aliphatic rings. The van der Waals surface area contributed by atoms with Gasteiger partial charge in [-0.05, 0) is 49.4 Å². The topological polar surface area (TPSA) is 47.7 Å². The average Bonchev–Trinajstić information content (AvgIpc) is 3.18. The van der Waals surface area contributed by atoms with Gasteiger partial charge in [-0.2, -0.15) is 5.10 Å². The predicted molar refractivity (Wildman–Crippen MR) is 88.6 cm³/mol. The van der Waals surface area contributed by atoms with Crippen LogP contribution in [-0.2, 0) is 13.0 Å². The molecule has 2 aromatic heterocycles. The van der Waals surface area contributed by atoms with Crippen LogP contribution in [0.1, 0.15) is 24.1 Å². The van der Waals surface area contributed by atoms with E-state index in [4.69, 9.17) is 0 Å². The summed E-state index contributed by atoms with van der Waals surface area (Å²) in [5.74, 6) is 0.736. The number of benzene rings is 1. The smallest absolute Gasteiger partial charge is 0.0490 e. The minimum absolute atomic E-state index is 0.736. The van der Waals surface area contributed by atoms with Crippen molar-refractivity contribution in [3.05, 3.63) is 54.0 Å². The summed E-state index contributed by atoms with van der Waals surface area (Å²) >= 11 is 0. The van der Waals surface area contributed by atoms with Crippen molar-refractivity contribution in [2.24, 2.45) is 5.92 Å². The second-order valence-electron chi connectivity index (χ2n) is 6.39. The molecule has 1 unspecified atom stereocenters. The second kappa shape index (κ2) is 5.97. The fraction of sp³-hybridized carbons (Fsp3) is 0.389. The lowest BCUT2D eigenvalue weighted by Gasteiger charge is -2.32. The average molecular weight is 294 g/mol. The first kappa shape index (κ1) is 13.6. The molecule has 22 heavy (non-hydrogen) atoms. The van der Waals surface area contributed by atoms with Gasteiger partial charge in [-0.1, -0.05) is 18.2 Å². The molecule has 114 valence electrons. The summed E-state index contributed by atoms with van der Waals surface area (Å²) < 4.78 is 0. The maximum absolute atomic E-state index is 4.06. The number of para-hydroxylation sites is 1. The molecule has 1 aromatic carbocycles. The van der Waals surface area contributed by atoms with E-state index < -0.39 is 0 Å². The molecule has 3 aromatic rings. The van der Waals surface area contributed by atoms with E-state index in [1.165, 1.54) is 48.1 Å². The Morgan fingerprint density at radius 2 is 2.18 bits per heavy atom. The Morgan fingerprint density at radius 1 is 1.23 bits per heavy atom. The Morgan fingerprint density at radius 3 is 3.09 bits per heavy atom. The number of aromatic amines is 2. The van der Waals surface area contributed by atoms with Crippen molar-refractivity contribution in [2.45, 2.75) is 25.8 Å². The van der Waals surface area contributed by atoms with Crippen LogP contribution in [0.15, 0.2) is 42.7 Å². The van der Waals surface area contributed by atoms with E-state index >= 15 is 0 Å². The minimum atomic E-state index is 0.736. The van der Waals surface area contributed by atoms with Crippen LogP contribution in [-0.4, -0.2) is 33.2 Å². The Labute approximate surface area is 130 Å². The fourth-order valence-electron chi connectivity index (χ4n) is 3.67. The number of likely N-dealkylation sites (tertiary alicyclic amines) is 1. The van der Waals surface area contributed by atoms with Crippen LogP contribution in [0.25, 0.3) is 10.9 Å². The van der Waals surface area contributed by atoms with Gasteiger partial charge in [0.2, 0.25) is 0 Å². The van der Waals surface area contributed by atoms with Crippen LogP contribution < -0.4 is 0 Å². The van der Waals surface area contributed by atoms with E-state index in [1.54, 1.807) is 0 Å². The van der Waals surface area contributed by atoms with Gasteiger partial charge in [0.15, 0.2) is 0 Å². The van der Waals surface area contributed by atoms with Gasteiger partial charge >= 0.3 is 0 Å². The summed E-state index contributed by atoms with van der Waals surface area (Å²) in [6.07, 6.45) is 7.75. The molecule has 4 nitrogen and oxygen atoms in total. The molecular formula is C18H22N4. The highest BCUT2D eigenvalue weighted by molar-refractivity contribution is 5.82. The third kappa shape index (κ3) is 2.79. The molecule has 0 saturated carbocycles. The van der Waals surface area contributed by atoms with Gasteiger partial charge in [0.1, 0.15) is 0 Å². The SMILES string of the molecule is c1ccc2c(CN3CCCC(Cc4ccn[nH]4)C3)c[nH]c2c1. The molecular weight excluding hydrogens is 272 g/mol. The molecule has 2 N–H and O–H groups in total. The Kier molecular flexibility index (Phi) is 3.69. The fourth-order valence-corrected chi connectivity index (χ4v) is 3.67. The van der Waals surface area contributed by atoms with Crippen LogP contribution in [0.4, 0.5) is 0 Å². The van der Waals surface area contributed by atoms with Crippen LogP contribution in [0.2, 0.25) is 0 Å². The maximum Gasteiger partial charge on any atom is 0.0490 e. The quantitative estimate of drug-likeness (QED) is 0.775. The number of hydrogen-bond acceptors (Lipinski definition) is 2. The Hall–Kier alpha value is -2.07. The molecule has 1 fully saturated rings. The highest BCUT2D eigenvalue weighted by Gasteiger charge is 2.21. The highest BCUT2D eigenvalue weighted by atomic mass is 15.1. The molecule has 0 radical (unpaired) electrons. The number of H-pyrrole nitrogens is 2. The van der Waals surface area contributed by atoms with Crippen LogP contribution in [0, 0.1) is 5.92 Å². The molecule has 0 aliphatic carbocycles. The Balaban J connectivity index is 1.44. The number of rotatable bonds is 4. The summed E-state index contributed by atoms with van der Waals surface area (Å²) in [4.78, 5) is 5.98. The zero-order valence-corrected chi connectivity index (χ0v) is 12.8. The van der Waals surface area contributed by atoms with Crippen molar-refractivity contribution in [2.75, 3.05) is 13.1 Å². The molecule has 1 saturated heterocycles. The lowest BCUT2D eigenvalue weighted by molar-refractivity contribution is 0.167. The van der Waals surface area contributed by atoms with Crippen LogP contribution >= 0.6 is 0 Å². The summed E-state index contributed by atoms with van der Waals surface area (Å²) in [7, 11) is 0. The second-order valence-corrected chi connectivity index (χ2v) is 6.39. The third-order valence-electron chi connectivity index (χ3n) is 4.74. The number of fused-ring (bicyclic) bond motifs is 1. The van der Waals surface area contributed by atoms with Crippen molar-refractivity contribution in [3.8, 4) is 0 Å². The zero-order valence-electron chi connectivity index (χ0n) is 12.8. The number of aromatic nitrogens is 3. The van der Waals surface area contributed by atoms with Gasteiger partial charge in [0.05, 0.1) is 0 Å². The van der Waals surface area contributed by atoms with Crippen LogP contribution in [0.3, 0.4) is 0 Å². The number of nitrogens with one attached hydrogen (secondary N) is 2. The molecule has 4 rings (SSSR count). The van der Waals surface area contributed by atoms with Crippen molar-refractivity contribution in [3.63, 3.8) is 0 Å². The van der Waals surface area contributed by atoms with Gasteiger partial charge in [0, 0.05) is 42.1 Å². The van der Waals surface area contributed by atoms with E-state index in [9.17, 15) is 0 Å². The van der Waals surface area contributed by atoms with Crippen molar-refractivity contribution in [1.29, 1.82) is 0 Å². The molecule has 0 spiro atoms. The lowest BCUT2D eigenvalue weighted by atomic mass is 9.93. The number of hydrogen-bond donors (Lipinski definition) is 2. The molecule has 4 heteroatoms. The van der Waals surface area contributed by atoms with Crippen molar-refractivity contribution >= 4 is 10.9 Å². The van der Waals surface area contributed by atoms with Gasteiger partial charge in [-0.25, -0.2) is 0 Å². The predicted octanol–water partition coefficient (Wildman–Crippen LogP) is 3.35. The van der Waals surface area contributed by atoms with Gasteiger partial charge < -0.3 is 4.98 Å². The molecule has 1 aliphatic heterocycles. The number of piperidine rings is 1. The largest absolute Gasteiger partial charge is 0.361 e. The molecule has 0 bridgehead atoms. The normalized spacial score (nSPS) is 19.7. The van der Waals surface area contributed by atoms with Crippen molar-refractivity contribution < 1.29 is 0 Å². The van der Waals surface area contributed by atoms with Gasteiger partial charge in [-0.15, -0.1) is 0 Å². The van der Waals surface area contributed by atoms with E-state index in [1.807, 2.05) is 6.20 Å². The van der Waals surface area contributed by atoms with Gasteiger partial charge in [0.25, 0.3) is 0 Å². The van der Waals surface area contributed by atoms with E-state index in [0.717, 1.165) is 18.9 Å². The third-order valence-corrected chi connectivity index (χ3v) is 4.74. The van der Waals surface area contributed by atoms with E-state index in [0.29, 0.717) is 0 Å². The van der Waals surface area contributed by atoms with E-state index in [-0.39, 0.29) is 0 Å². The summed E-state index contributed by atoms with van der Waals surface area (Å²) in [5, 5.41) is 8.51. The zero-order chi connectivity index (χ0) is 14.8. The maximum atomic E-state index is 4.06. The first-order chi connectivity index (χ1) is 10.9. The monoisotopic (exact) mass is 294 g/mol. The molecule has 0 amide bonds. The first-order valence-electron chi connectivity index (χ1n) is 8.14. The van der Waals surface area contributed by atoms with Crippen molar-refractivity contribution in [1.82, 2.24) is 20.1 Å². The summed E-state index contributed by atoms with van der Waals surface area (Å²) in [6.45, 7) is 3.43.